The van der Waals surface area contributed by atoms with E-state index in [2.05, 4.69) is 43.1 Å². The zero-order chi connectivity index (χ0) is 13.5. The zero-order valence-corrected chi connectivity index (χ0v) is 12.2. The lowest BCUT2D eigenvalue weighted by Crippen LogP contribution is -2.43. The van der Waals surface area contributed by atoms with Gasteiger partial charge in [-0.3, -0.25) is 0 Å². The molecule has 1 aromatic heterocycles. The molecule has 104 valence electrons. The molecule has 0 spiro atoms. The van der Waals surface area contributed by atoms with Gasteiger partial charge in [-0.1, -0.05) is 13.8 Å². The van der Waals surface area contributed by atoms with Gasteiger partial charge < -0.3 is 10.1 Å². The Hall–Kier alpha value is -0.940. The van der Waals surface area contributed by atoms with Crippen molar-refractivity contribution in [3.8, 4) is 0 Å². The van der Waals surface area contributed by atoms with Crippen LogP contribution in [-0.4, -0.2) is 40.6 Å². The number of likely N-dealkylation sites (N-methyl/N-ethyl adjacent to an activating group) is 1. The Morgan fingerprint density at radius 1 is 1.39 bits per heavy atom. The van der Waals surface area contributed by atoms with E-state index in [1.807, 2.05) is 4.68 Å². The number of nitrogens with zero attached hydrogens (tertiary/aromatic N) is 3. The molecule has 0 aromatic carbocycles. The van der Waals surface area contributed by atoms with E-state index in [1.165, 1.54) is 0 Å². The molecule has 5 nitrogen and oxygen atoms in total. The maximum atomic E-state index is 5.54. The second-order valence-corrected chi connectivity index (χ2v) is 4.77. The van der Waals surface area contributed by atoms with Crippen molar-refractivity contribution in [2.45, 2.75) is 58.7 Å². The molecule has 1 N–H and O–H groups in total. The van der Waals surface area contributed by atoms with Gasteiger partial charge >= 0.3 is 0 Å². The molecule has 1 aromatic rings. The molecule has 5 heteroatoms. The van der Waals surface area contributed by atoms with Gasteiger partial charge in [0.1, 0.15) is 12.2 Å². The van der Waals surface area contributed by atoms with E-state index in [0.717, 1.165) is 25.2 Å². The van der Waals surface area contributed by atoms with Crippen molar-refractivity contribution in [2.24, 2.45) is 0 Å². The first-order valence-corrected chi connectivity index (χ1v) is 6.78. The molecule has 0 aliphatic rings. The molecule has 2 unspecified atom stereocenters. The van der Waals surface area contributed by atoms with E-state index >= 15 is 0 Å². The Labute approximate surface area is 110 Å². The van der Waals surface area contributed by atoms with Crippen LogP contribution in [0.25, 0.3) is 0 Å². The Bertz CT molecular complexity index is 333. The average Bonchev–Trinajstić information content (AvgIpc) is 2.79. The largest absolute Gasteiger partial charge is 0.380 e. The predicted octanol–water partition coefficient (Wildman–Crippen LogP) is 1.80. The van der Waals surface area contributed by atoms with Gasteiger partial charge in [-0.15, -0.1) is 0 Å². The van der Waals surface area contributed by atoms with Gasteiger partial charge in [-0.2, -0.15) is 5.10 Å². The topological polar surface area (TPSA) is 52.0 Å². The molecule has 2 atom stereocenters. The monoisotopic (exact) mass is 254 g/mol. The Morgan fingerprint density at radius 2 is 2.11 bits per heavy atom. The number of hydrogen-bond acceptors (Lipinski definition) is 4. The molecule has 1 heterocycles. The standard InChI is InChI=1S/C13H26N4O/c1-6-12(18-5)11(14-7-2)8-13-15-9-16-17(13)10(3)4/h9-12,14H,6-8H2,1-5H3. The summed E-state index contributed by atoms with van der Waals surface area (Å²) in [6, 6.07) is 0.624. The van der Waals surface area contributed by atoms with Gasteiger partial charge in [-0.25, -0.2) is 9.67 Å². The van der Waals surface area contributed by atoms with Crippen molar-refractivity contribution < 1.29 is 4.74 Å². The smallest absolute Gasteiger partial charge is 0.138 e. The van der Waals surface area contributed by atoms with Crippen LogP contribution >= 0.6 is 0 Å². The van der Waals surface area contributed by atoms with Gasteiger partial charge in [0.15, 0.2) is 0 Å². The molecule has 0 saturated heterocycles. The van der Waals surface area contributed by atoms with Gasteiger partial charge in [0.2, 0.25) is 0 Å². The highest BCUT2D eigenvalue weighted by Crippen LogP contribution is 2.12. The summed E-state index contributed by atoms with van der Waals surface area (Å²) in [5, 5.41) is 7.76. The maximum absolute atomic E-state index is 5.54. The quantitative estimate of drug-likeness (QED) is 0.768. The summed E-state index contributed by atoms with van der Waals surface area (Å²) in [6.45, 7) is 9.43. The van der Waals surface area contributed by atoms with Crippen LogP contribution in [0.5, 0.6) is 0 Å². The molecule has 0 amide bonds. The summed E-state index contributed by atoms with van der Waals surface area (Å²) >= 11 is 0. The minimum Gasteiger partial charge on any atom is -0.380 e. The fraction of sp³-hybridized carbons (Fsp3) is 0.846. The molecule has 1 rings (SSSR count). The SMILES string of the molecule is CCNC(Cc1ncnn1C(C)C)C(CC)OC. The van der Waals surface area contributed by atoms with Crippen molar-refractivity contribution in [1.29, 1.82) is 0 Å². The number of aromatic nitrogens is 3. The number of nitrogens with one attached hydrogen (secondary N) is 1. The van der Waals surface area contributed by atoms with Crippen molar-refractivity contribution in [3.05, 3.63) is 12.2 Å². The summed E-state index contributed by atoms with van der Waals surface area (Å²) in [7, 11) is 1.77. The fourth-order valence-electron chi connectivity index (χ4n) is 2.26. The van der Waals surface area contributed by atoms with Crippen LogP contribution in [0.1, 0.15) is 46.0 Å². The first kappa shape index (κ1) is 15.1. The van der Waals surface area contributed by atoms with Gasteiger partial charge in [0.25, 0.3) is 0 Å². The third kappa shape index (κ3) is 3.78. The van der Waals surface area contributed by atoms with Crippen molar-refractivity contribution in [1.82, 2.24) is 20.1 Å². The molecule has 0 aliphatic heterocycles. The molecule has 0 saturated carbocycles. The third-order valence-corrected chi connectivity index (χ3v) is 3.16. The highest BCUT2D eigenvalue weighted by molar-refractivity contribution is 4.93. The Balaban J connectivity index is 2.79. The Morgan fingerprint density at radius 3 is 2.61 bits per heavy atom. The second kappa shape index (κ2) is 7.48. The van der Waals surface area contributed by atoms with Crippen LogP contribution in [0.15, 0.2) is 6.33 Å². The first-order chi connectivity index (χ1) is 8.63. The summed E-state index contributed by atoms with van der Waals surface area (Å²) in [6.07, 6.45) is 3.68. The summed E-state index contributed by atoms with van der Waals surface area (Å²) in [5.74, 6) is 1.02. The van der Waals surface area contributed by atoms with Crippen LogP contribution in [-0.2, 0) is 11.2 Å². The fourth-order valence-corrected chi connectivity index (χ4v) is 2.26. The zero-order valence-electron chi connectivity index (χ0n) is 12.2. The summed E-state index contributed by atoms with van der Waals surface area (Å²) < 4.78 is 7.52. The molecular weight excluding hydrogens is 228 g/mol. The van der Waals surface area contributed by atoms with E-state index < -0.39 is 0 Å². The van der Waals surface area contributed by atoms with E-state index in [0.29, 0.717) is 6.04 Å². The van der Waals surface area contributed by atoms with Gasteiger partial charge in [-0.05, 0) is 26.8 Å². The normalized spacial score (nSPS) is 15.0. The number of methoxy groups -OCH3 is 1. The first-order valence-electron chi connectivity index (χ1n) is 6.78. The Kier molecular flexibility index (Phi) is 6.29. The maximum Gasteiger partial charge on any atom is 0.138 e. The number of rotatable bonds is 8. The lowest BCUT2D eigenvalue weighted by Gasteiger charge is -2.26. The number of ether oxygens (including phenoxy) is 1. The molecule has 0 radical (unpaired) electrons. The lowest BCUT2D eigenvalue weighted by atomic mass is 10.0. The molecular formula is C13H26N4O. The van der Waals surface area contributed by atoms with Crippen molar-refractivity contribution in [3.63, 3.8) is 0 Å². The lowest BCUT2D eigenvalue weighted by molar-refractivity contribution is 0.0648. The molecule has 18 heavy (non-hydrogen) atoms. The van der Waals surface area contributed by atoms with Crippen LogP contribution in [0, 0.1) is 0 Å². The van der Waals surface area contributed by atoms with Crippen molar-refractivity contribution in [2.75, 3.05) is 13.7 Å². The average molecular weight is 254 g/mol. The predicted molar refractivity (Wildman–Crippen MR) is 72.7 cm³/mol. The molecule has 0 aliphatic carbocycles. The van der Waals surface area contributed by atoms with E-state index in [1.54, 1.807) is 13.4 Å². The highest BCUT2D eigenvalue weighted by Gasteiger charge is 2.22. The van der Waals surface area contributed by atoms with Gasteiger partial charge in [0, 0.05) is 25.6 Å². The van der Waals surface area contributed by atoms with E-state index in [-0.39, 0.29) is 12.1 Å². The third-order valence-electron chi connectivity index (χ3n) is 3.16. The minimum absolute atomic E-state index is 0.210. The van der Waals surface area contributed by atoms with Crippen molar-refractivity contribution >= 4 is 0 Å². The highest BCUT2D eigenvalue weighted by atomic mass is 16.5. The van der Waals surface area contributed by atoms with E-state index in [4.69, 9.17) is 4.74 Å². The van der Waals surface area contributed by atoms with Crippen LogP contribution in [0.4, 0.5) is 0 Å². The van der Waals surface area contributed by atoms with Crippen LogP contribution in [0.2, 0.25) is 0 Å². The van der Waals surface area contributed by atoms with Crippen LogP contribution in [0.3, 0.4) is 0 Å². The summed E-state index contributed by atoms with van der Waals surface area (Å²) in [5.41, 5.74) is 0. The molecule has 0 bridgehead atoms. The van der Waals surface area contributed by atoms with Crippen LogP contribution < -0.4 is 5.32 Å². The van der Waals surface area contributed by atoms with Gasteiger partial charge in [0.05, 0.1) is 6.10 Å². The second-order valence-electron chi connectivity index (χ2n) is 4.77. The summed E-state index contributed by atoms with van der Waals surface area (Å²) in [4.78, 5) is 4.37. The molecule has 0 fully saturated rings. The number of hydrogen-bond donors (Lipinski definition) is 1. The van der Waals surface area contributed by atoms with E-state index in [9.17, 15) is 0 Å². The minimum atomic E-state index is 0.210.